The normalized spacial score (nSPS) is 14.6. The molecule has 0 saturated carbocycles. The summed E-state index contributed by atoms with van der Waals surface area (Å²) in [6, 6.07) is 18.2. The van der Waals surface area contributed by atoms with E-state index in [-0.39, 0.29) is 6.03 Å². The highest BCUT2D eigenvalue weighted by Crippen LogP contribution is 2.29. The predicted octanol–water partition coefficient (Wildman–Crippen LogP) is 3.88. The van der Waals surface area contributed by atoms with Crippen molar-refractivity contribution in [1.82, 2.24) is 10.2 Å². The molecule has 5 heteroatoms. The number of carbonyl (C=O) groups is 1. The smallest absolute Gasteiger partial charge is 0.317 e. The van der Waals surface area contributed by atoms with Crippen molar-refractivity contribution >= 4 is 17.8 Å². The van der Waals surface area contributed by atoms with Gasteiger partial charge in [0.2, 0.25) is 0 Å². The summed E-state index contributed by atoms with van der Waals surface area (Å²) >= 11 is 1.92. The number of para-hydroxylation sites is 1. The first-order chi connectivity index (χ1) is 12.3. The van der Waals surface area contributed by atoms with E-state index in [9.17, 15) is 4.79 Å². The number of urea groups is 1. The second-order valence-electron chi connectivity index (χ2n) is 5.90. The van der Waals surface area contributed by atoms with Crippen LogP contribution in [0.5, 0.6) is 5.75 Å². The van der Waals surface area contributed by atoms with Gasteiger partial charge >= 0.3 is 6.03 Å². The second kappa shape index (κ2) is 9.37. The number of ether oxygens (including phenoxy) is 1. The molecular formula is C20H24N2O2S. The van der Waals surface area contributed by atoms with Crippen LogP contribution in [0, 0.1) is 0 Å². The van der Waals surface area contributed by atoms with E-state index in [1.807, 2.05) is 53.1 Å². The van der Waals surface area contributed by atoms with E-state index in [1.165, 1.54) is 0 Å². The summed E-state index contributed by atoms with van der Waals surface area (Å²) in [5.74, 6) is 3.01. The quantitative estimate of drug-likeness (QED) is 0.827. The Hall–Kier alpha value is -2.14. The van der Waals surface area contributed by atoms with Gasteiger partial charge in [0.25, 0.3) is 0 Å². The lowest BCUT2D eigenvalue weighted by Crippen LogP contribution is -2.42. The van der Waals surface area contributed by atoms with E-state index in [0.717, 1.165) is 47.9 Å². The van der Waals surface area contributed by atoms with Gasteiger partial charge in [0, 0.05) is 24.4 Å². The van der Waals surface area contributed by atoms with Crippen LogP contribution in [0.25, 0.3) is 11.1 Å². The first-order valence-corrected chi connectivity index (χ1v) is 9.88. The van der Waals surface area contributed by atoms with Gasteiger partial charge in [-0.1, -0.05) is 48.5 Å². The molecule has 3 rings (SSSR count). The Kier molecular flexibility index (Phi) is 6.63. The lowest BCUT2D eigenvalue weighted by molar-refractivity contribution is 0.198. The molecule has 132 valence electrons. The van der Waals surface area contributed by atoms with Crippen LogP contribution in [0.15, 0.2) is 54.6 Å². The minimum Gasteiger partial charge on any atom is -0.491 e. The average Bonchev–Trinajstić information content (AvgIpc) is 2.96. The third kappa shape index (κ3) is 5.16. The van der Waals surface area contributed by atoms with Crippen LogP contribution in [-0.4, -0.2) is 48.7 Å². The zero-order valence-corrected chi connectivity index (χ0v) is 15.1. The molecule has 2 aromatic carbocycles. The van der Waals surface area contributed by atoms with E-state index in [4.69, 9.17) is 4.74 Å². The molecule has 0 spiro atoms. The first kappa shape index (κ1) is 17.7. The molecule has 1 aliphatic heterocycles. The number of thioether (sulfide) groups is 1. The monoisotopic (exact) mass is 356 g/mol. The first-order valence-electron chi connectivity index (χ1n) is 8.72. The Morgan fingerprint density at radius 2 is 1.84 bits per heavy atom. The molecule has 1 saturated heterocycles. The molecule has 1 N–H and O–H groups in total. The van der Waals surface area contributed by atoms with E-state index < -0.39 is 0 Å². The third-order valence-corrected chi connectivity index (χ3v) is 5.17. The number of benzene rings is 2. The molecule has 0 radical (unpaired) electrons. The second-order valence-corrected chi connectivity index (χ2v) is 7.12. The molecule has 1 aliphatic rings. The highest BCUT2D eigenvalue weighted by molar-refractivity contribution is 7.99. The number of hydrogen-bond donors (Lipinski definition) is 1. The maximum atomic E-state index is 12.2. The SMILES string of the molecule is O=C(NCCOc1ccccc1-c1ccccc1)N1CCCSCC1. The van der Waals surface area contributed by atoms with Crippen LogP contribution in [0.1, 0.15) is 6.42 Å². The molecule has 25 heavy (non-hydrogen) atoms. The van der Waals surface area contributed by atoms with Crippen LogP contribution in [0.2, 0.25) is 0 Å². The van der Waals surface area contributed by atoms with Crippen LogP contribution in [-0.2, 0) is 0 Å². The molecule has 0 bridgehead atoms. The molecular weight excluding hydrogens is 332 g/mol. The van der Waals surface area contributed by atoms with E-state index in [2.05, 4.69) is 23.5 Å². The highest BCUT2D eigenvalue weighted by atomic mass is 32.2. The highest BCUT2D eigenvalue weighted by Gasteiger charge is 2.14. The summed E-state index contributed by atoms with van der Waals surface area (Å²) in [5.41, 5.74) is 2.20. The number of amides is 2. The van der Waals surface area contributed by atoms with Crippen LogP contribution in [0.4, 0.5) is 4.79 Å². The zero-order valence-electron chi connectivity index (χ0n) is 14.3. The molecule has 1 fully saturated rings. The van der Waals surface area contributed by atoms with Gasteiger partial charge in [-0.3, -0.25) is 0 Å². The Balaban J connectivity index is 1.50. The minimum absolute atomic E-state index is 0.0162. The largest absolute Gasteiger partial charge is 0.491 e. The maximum Gasteiger partial charge on any atom is 0.317 e. The topological polar surface area (TPSA) is 41.6 Å². The summed E-state index contributed by atoms with van der Waals surface area (Å²) in [4.78, 5) is 14.1. The van der Waals surface area contributed by atoms with Gasteiger partial charge in [-0.2, -0.15) is 11.8 Å². The van der Waals surface area contributed by atoms with E-state index >= 15 is 0 Å². The molecule has 0 unspecified atom stereocenters. The van der Waals surface area contributed by atoms with Crippen LogP contribution >= 0.6 is 11.8 Å². The number of nitrogens with one attached hydrogen (secondary N) is 1. The van der Waals surface area contributed by atoms with Gasteiger partial charge < -0.3 is 15.0 Å². The van der Waals surface area contributed by atoms with Crippen molar-refractivity contribution < 1.29 is 9.53 Å². The van der Waals surface area contributed by atoms with Gasteiger partial charge in [0.05, 0.1) is 6.54 Å². The summed E-state index contributed by atoms with van der Waals surface area (Å²) in [5, 5.41) is 2.96. The van der Waals surface area contributed by atoms with Crippen molar-refractivity contribution in [2.75, 3.05) is 37.7 Å². The minimum atomic E-state index is 0.0162. The van der Waals surface area contributed by atoms with E-state index in [0.29, 0.717) is 13.2 Å². The summed E-state index contributed by atoms with van der Waals surface area (Å²) < 4.78 is 5.92. The Labute approximate surface area is 153 Å². The van der Waals surface area contributed by atoms with Gasteiger partial charge in [-0.05, 0) is 23.8 Å². The lowest BCUT2D eigenvalue weighted by Gasteiger charge is -2.20. The van der Waals surface area contributed by atoms with Crippen molar-refractivity contribution in [3.8, 4) is 16.9 Å². The van der Waals surface area contributed by atoms with Crippen LogP contribution in [0.3, 0.4) is 0 Å². The van der Waals surface area contributed by atoms with Crippen molar-refractivity contribution in [2.45, 2.75) is 6.42 Å². The molecule has 2 aromatic rings. The fraction of sp³-hybridized carbons (Fsp3) is 0.350. The summed E-state index contributed by atoms with van der Waals surface area (Å²) in [6.07, 6.45) is 1.07. The van der Waals surface area contributed by atoms with Crippen molar-refractivity contribution in [2.24, 2.45) is 0 Å². The molecule has 0 aliphatic carbocycles. The Morgan fingerprint density at radius 3 is 2.72 bits per heavy atom. The zero-order chi connectivity index (χ0) is 17.3. The van der Waals surface area contributed by atoms with Gasteiger partial charge in [0.15, 0.2) is 0 Å². The van der Waals surface area contributed by atoms with Crippen molar-refractivity contribution in [1.29, 1.82) is 0 Å². The van der Waals surface area contributed by atoms with Crippen LogP contribution < -0.4 is 10.1 Å². The summed E-state index contributed by atoms with van der Waals surface area (Å²) in [7, 11) is 0. The van der Waals surface area contributed by atoms with Crippen molar-refractivity contribution in [3.63, 3.8) is 0 Å². The fourth-order valence-electron chi connectivity index (χ4n) is 2.83. The molecule has 0 atom stereocenters. The maximum absolute atomic E-state index is 12.2. The Morgan fingerprint density at radius 1 is 1.04 bits per heavy atom. The standard InChI is InChI=1S/C20H24N2O2S/c23-20(22-12-6-15-25-16-13-22)21-11-14-24-19-10-5-4-9-18(19)17-7-2-1-3-8-17/h1-5,7-10H,6,11-16H2,(H,21,23). The van der Waals surface area contributed by atoms with Gasteiger partial charge in [-0.15, -0.1) is 0 Å². The third-order valence-electron chi connectivity index (χ3n) is 4.12. The average molecular weight is 356 g/mol. The molecule has 1 heterocycles. The lowest BCUT2D eigenvalue weighted by atomic mass is 10.1. The molecule has 2 amide bonds. The number of rotatable bonds is 5. The fourth-order valence-corrected chi connectivity index (χ4v) is 3.72. The van der Waals surface area contributed by atoms with E-state index in [1.54, 1.807) is 0 Å². The van der Waals surface area contributed by atoms with Gasteiger partial charge in [0.1, 0.15) is 12.4 Å². The van der Waals surface area contributed by atoms with Crippen molar-refractivity contribution in [3.05, 3.63) is 54.6 Å². The number of nitrogens with zero attached hydrogens (tertiary/aromatic N) is 1. The summed E-state index contributed by atoms with van der Waals surface area (Å²) in [6.45, 7) is 2.63. The molecule has 0 aromatic heterocycles. The predicted molar refractivity (Wildman–Crippen MR) is 104 cm³/mol. The number of carbonyl (C=O) groups excluding carboxylic acids is 1. The number of hydrogen-bond acceptors (Lipinski definition) is 3. The van der Waals surface area contributed by atoms with Gasteiger partial charge in [-0.25, -0.2) is 4.79 Å². The Bertz CT molecular complexity index is 670. The molecule has 4 nitrogen and oxygen atoms in total.